The summed E-state index contributed by atoms with van der Waals surface area (Å²) in [7, 11) is 0. The number of ether oxygens (including phenoxy) is 1. The number of halogens is 1. The molecule has 2 atom stereocenters. The molecule has 0 radical (unpaired) electrons. The van der Waals surface area contributed by atoms with Crippen molar-refractivity contribution in [2.75, 3.05) is 6.61 Å². The predicted octanol–water partition coefficient (Wildman–Crippen LogP) is 7.75. The second kappa shape index (κ2) is 14.0. The van der Waals surface area contributed by atoms with Crippen molar-refractivity contribution in [1.29, 1.82) is 0 Å². The maximum Gasteiger partial charge on any atom is 0.335 e. The number of hydrogen-bond donors (Lipinski definition) is 2. The fourth-order valence-corrected chi connectivity index (χ4v) is 6.73. The van der Waals surface area contributed by atoms with Gasteiger partial charge < -0.3 is 20.0 Å². The molecule has 0 saturated heterocycles. The van der Waals surface area contributed by atoms with Gasteiger partial charge in [0.25, 0.3) is 0 Å². The van der Waals surface area contributed by atoms with Gasteiger partial charge in [-0.2, -0.15) is 0 Å². The number of hydrogen-bond acceptors (Lipinski definition) is 5. The van der Waals surface area contributed by atoms with Crippen molar-refractivity contribution in [2.45, 2.75) is 44.4 Å². The highest BCUT2D eigenvalue weighted by Crippen LogP contribution is 2.48. The Morgan fingerprint density at radius 1 is 0.867 bits per heavy atom. The Hall–Kier alpha value is -4.62. The Kier molecular flexibility index (Phi) is 9.46. The molecule has 1 aliphatic carbocycles. The van der Waals surface area contributed by atoms with E-state index < -0.39 is 0 Å². The second-order valence-corrected chi connectivity index (χ2v) is 11.4. The average molecular weight is 602 g/mol. The highest BCUT2D eigenvalue weighted by Gasteiger charge is 2.34. The van der Waals surface area contributed by atoms with Crippen LogP contribution in [-0.4, -0.2) is 11.7 Å². The van der Waals surface area contributed by atoms with Gasteiger partial charge in [-0.1, -0.05) is 78.9 Å². The van der Waals surface area contributed by atoms with E-state index in [9.17, 15) is 14.3 Å². The van der Waals surface area contributed by atoms with Crippen LogP contribution in [0, 0.1) is 5.82 Å². The Labute approximate surface area is 261 Å². The zero-order chi connectivity index (χ0) is 31.2. The number of aliphatic hydroxyl groups is 1. The van der Waals surface area contributed by atoms with Crippen LogP contribution in [0.25, 0.3) is 21.5 Å². The number of nitrogens with two attached hydrogens (primary N) is 1. The van der Waals surface area contributed by atoms with Crippen molar-refractivity contribution in [1.82, 2.24) is 0 Å². The highest BCUT2D eigenvalue weighted by atomic mass is 19.1. The van der Waals surface area contributed by atoms with Gasteiger partial charge in [0.15, 0.2) is 0 Å². The van der Waals surface area contributed by atoms with E-state index in [-0.39, 0.29) is 36.4 Å². The molecule has 3 N–H and O–H groups in total. The van der Waals surface area contributed by atoms with E-state index in [1.165, 1.54) is 28.8 Å². The van der Waals surface area contributed by atoms with Gasteiger partial charge in [0.2, 0.25) is 0 Å². The summed E-state index contributed by atoms with van der Waals surface area (Å²) in [5, 5.41) is 15.1. The number of fused-ring (bicyclic) bond motifs is 5. The summed E-state index contributed by atoms with van der Waals surface area (Å²) in [6.07, 6.45) is 3.19. The Bertz CT molecular complexity index is 1950. The molecule has 6 aromatic rings. The summed E-state index contributed by atoms with van der Waals surface area (Å²) in [6.45, 7) is 1.29. The lowest BCUT2D eigenvalue weighted by molar-refractivity contribution is 0.0973. The van der Waals surface area contributed by atoms with Gasteiger partial charge in [-0.05, 0) is 98.0 Å². The number of aryl methyl sites for hydroxylation is 1. The third kappa shape index (κ3) is 6.59. The van der Waals surface area contributed by atoms with Crippen molar-refractivity contribution < 1.29 is 18.7 Å². The van der Waals surface area contributed by atoms with Gasteiger partial charge in [0.1, 0.15) is 5.82 Å². The maximum atomic E-state index is 14.2. The van der Waals surface area contributed by atoms with Crippen LogP contribution in [0.2, 0.25) is 0 Å². The van der Waals surface area contributed by atoms with Crippen molar-refractivity contribution >= 4 is 21.5 Å². The molecule has 0 saturated carbocycles. The predicted molar refractivity (Wildman–Crippen MR) is 177 cm³/mol. The molecule has 0 bridgehead atoms. The first-order valence-electron chi connectivity index (χ1n) is 15.3. The largest absolute Gasteiger partial charge is 0.431 e. The molecular weight excluding hydrogens is 565 g/mol. The van der Waals surface area contributed by atoms with Gasteiger partial charge >= 0.3 is 5.63 Å². The summed E-state index contributed by atoms with van der Waals surface area (Å²) < 4.78 is 25.0. The summed E-state index contributed by atoms with van der Waals surface area (Å²) in [5.41, 5.74) is 12.3. The van der Waals surface area contributed by atoms with Crippen LogP contribution in [0.3, 0.4) is 0 Å². The van der Waals surface area contributed by atoms with E-state index in [4.69, 9.17) is 10.5 Å². The van der Waals surface area contributed by atoms with Gasteiger partial charge in [0, 0.05) is 18.5 Å². The number of rotatable bonds is 7. The first kappa shape index (κ1) is 30.4. The van der Waals surface area contributed by atoms with Crippen molar-refractivity contribution in [3.05, 3.63) is 165 Å². The quantitative estimate of drug-likeness (QED) is 0.183. The second-order valence-electron chi connectivity index (χ2n) is 11.4. The van der Waals surface area contributed by atoms with E-state index in [0.717, 1.165) is 51.3 Å². The molecule has 0 aliphatic heterocycles. The summed E-state index contributed by atoms with van der Waals surface area (Å²) in [4.78, 5) is 10.1. The van der Waals surface area contributed by atoms with Crippen LogP contribution >= 0.6 is 0 Å². The normalized spacial score (nSPS) is 15.8. The Morgan fingerprint density at radius 2 is 1.67 bits per heavy atom. The minimum atomic E-state index is -0.303. The minimum absolute atomic E-state index is 0.0355. The molecule has 45 heavy (non-hydrogen) atoms. The molecule has 0 spiro atoms. The number of benzene rings is 5. The summed E-state index contributed by atoms with van der Waals surface area (Å²) >= 11 is 0. The van der Waals surface area contributed by atoms with Crippen LogP contribution < -0.4 is 11.4 Å². The molecule has 6 heteroatoms. The lowest BCUT2D eigenvalue weighted by Crippen LogP contribution is -2.25. The smallest absolute Gasteiger partial charge is 0.335 e. The van der Waals surface area contributed by atoms with E-state index in [1.807, 2.05) is 30.3 Å². The van der Waals surface area contributed by atoms with Crippen molar-refractivity contribution in [2.24, 2.45) is 5.73 Å². The molecule has 1 heterocycles. The van der Waals surface area contributed by atoms with E-state index >= 15 is 0 Å². The molecule has 0 fully saturated rings. The zero-order valence-corrected chi connectivity index (χ0v) is 25.0. The Morgan fingerprint density at radius 3 is 2.40 bits per heavy atom. The minimum Gasteiger partial charge on any atom is -0.431 e. The van der Waals surface area contributed by atoms with Gasteiger partial charge in [-0.25, -0.2) is 9.18 Å². The molecule has 5 aromatic carbocycles. The maximum absolute atomic E-state index is 14.2. The van der Waals surface area contributed by atoms with E-state index in [1.54, 1.807) is 24.3 Å². The van der Waals surface area contributed by atoms with Gasteiger partial charge in [-0.3, -0.25) is 0 Å². The molecular formula is C39H36FNO4. The molecule has 5 nitrogen and oxygen atoms in total. The fraction of sp³-hybridized carbons (Fsp3) is 0.205. The van der Waals surface area contributed by atoms with Crippen LogP contribution in [0.4, 0.5) is 4.39 Å². The van der Waals surface area contributed by atoms with Crippen molar-refractivity contribution in [3.8, 4) is 0 Å². The first-order valence-corrected chi connectivity index (χ1v) is 15.3. The van der Waals surface area contributed by atoms with Gasteiger partial charge in [0.05, 0.1) is 26.1 Å². The molecule has 1 aromatic heterocycles. The molecule has 2 unspecified atom stereocenters. The van der Waals surface area contributed by atoms with E-state index in [2.05, 4.69) is 52.9 Å². The monoisotopic (exact) mass is 601 g/mol. The van der Waals surface area contributed by atoms with Crippen molar-refractivity contribution in [3.63, 3.8) is 0 Å². The third-order valence-electron chi connectivity index (χ3n) is 8.73. The lowest BCUT2D eigenvalue weighted by atomic mass is 9.69. The van der Waals surface area contributed by atoms with Crippen LogP contribution in [0.1, 0.15) is 51.6 Å². The highest BCUT2D eigenvalue weighted by molar-refractivity contribution is 6.10. The van der Waals surface area contributed by atoms with Crippen LogP contribution in [0.5, 0.6) is 0 Å². The Balaban J connectivity index is 0.000000452. The molecule has 7 rings (SSSR count). The molecule has 1 aliphatic rings. The van der Waals surface area contributed by atoms with Crippen LogP contribution in [-0.2, 0) is 30.9 Å². The number of aliphatic hydroxyl groups excluding tert-OH is 1. The first-order chi connectivity index (χ1) is 22.1. The SMILES string of the molecule is NCc1cc(F)ccc1C1CCc2ccc3c(c(CO)cc4ccccc43)c2C1COCc1ccccc1.O=c1cccco1. The van der Waals surface area contributed by atoms with Crippen LogP contribution in [0.15, 0.2) is 125 Å². The standard InChI is InChI=1S/C34H32FNO2.C5H4O2/c35-27-12-15-29(25(17-27)18-36)30-13-10-23-11-14-31-28-9-5-4-8-24(28)16-26(19-37)34(31)33(23)32(30)21-38-20-22-6-2-1-3-7-22;6-5-3-1-2-4-7-5/h1-9,11-12,14-17,30,32,37H,10,13,18-21,36H2;1-4H. The van der Waals surface area contributed by atoms with E-state index in [0.29, 0.717) is 13.2 Å². The zero-order valence-electron chi connectivity index (χ0n) is 25.0. The average Bonchev–Trinajstić information content (AvgIpc) is 3.08. The third-order valence-corrected chi connectivity index (χ3v) is 8.73. The fourth-order valence-electron chi connectivity index (χ4n) is 6.73. The topological polar surface area (TPSA) is 85.7 Å². The lowest BCUT2D eigenvalue weighted by Gasteiger charge is -2.36. The summed E-state index contributed by atoms with van der Waals surface area (Å²) in [6, 6.07) is 34.8. The van der Waals surface area contributed by atoms with Gasteiger partial charge in [-0.15, -0.1) is 0 Å². The molecule has 0 amide bonds. The summed E-state index contributed by atoms with van der Waals surface area (Å²) in [5.74, 6) is -0.101. The molecule has 228 valence electrons.